The summed E-state index contributed by atoms with van der Waals surface area (Å²) in [5, 5.41) is 7.25. The van der Waals surface area contributed by atoms with Gasteiger partial charge < -0.3 is 19.6 Å². The smallest absolute Gasteiger partial charge is 0.194 e. The number of anilines is 1. The van der Waals surface area contributed by atoms with Gasteiger partial charge in [0.15, 0.2) is 11.7 Å². The number of piperazine rings is 1. The molecule has 2 heterocycles. The van der Waals surface area contributed by atoms with Gasteiger partial charge >= 0.3 is 0 Å². The number of para-hydroxylation sites is 1. The number of aliphatic imine (C=N–C) groups is 1. The lowest BCUT2D eigenvalue weighted by atomic mass is 10.2. The lowest BCUT2D eigenvalue weighted by Crippen LogP contribution is -2.52. The maximum Gasteiger partial charge on any atom is 0.194 e. The summed E-state index contributed by atoms with van der Waals surface area (Å²) in [6.45, 7) is 6.41. The van der Waals surface area contributed by atoms with E-state index in [0.29, 0.717) is 6.54 Å². The van der Waals surface area contributed by atoms with E-state index in [-0.39, 0.29) is 0 Å². The first kappa shape index (κ1) is 15.4. The van der Waals surface area contributed by atoms with Crippen LogP contribution in [0.5, 0.6) is 0 Å². The van der Waals surface area contributed by atoms with Gasteiger partial charge in [-0.25, -0.2) is 0 Å². The number of hydrogen-bond acceptors (Lipinski definition) is 4. The minimum absolute atomic E-state index is 0.604. The van der Waals surface area contributed by atoms with Gasteiger partial charge in [0, 0.05) is 45.0 Å². The summed E-state index contributed by atoms with van der Waals surface area (Å²) in [5.74, 6) is 1.73. The molecule has 0 spiro atoms. The molecule has 1 N–H and O–H groups in total. The van der Waals surface area contributed by atoms with Crippen LogP contribution in [0.25, 0.3) is 0 Å². The number of benzene rings is 1. The SMILES string of the molecule is CN=C(NCc1cc(C)no1)N1CCN(c2ccccc2)CC1. The van der Waals surface area contributed by atoms with Crippen LogP contribution in [0.1, 0.15) is 11.5 Å². The van der Waals surface area contributed by atoms with E-state index in [1.807, 2.05) is 20.0 Å². The van der Waals surface area contributed by atoms with Crippen molar-refractivity contribution in [3.63, 3.8) is 0 Å². The van der Waals surface area contributed by atoms with Crippen molar-refractivity contribution in [1.29, 1.82) is 0 Å². The Labute approximate surface area is 136 Å². The van der Waals surface area contributed by atoms with Crippen molar-refractivity contribution in [3.05, 3.63) is 47.9 Å². The Morgan fingerprint density at radius 1 is 1.22 bits per heavy atom. The molecule has 1 aromatic carbocycles. The quantitative estimate of drug-likeness (QED) is 0.692. The average Bonchev–Trinajstić information content (AvgIpc) is 3.02. The first-order valence-electron chi connectivity index (χ1n) is 7.94. The van der Waals surface area contributed by atoms with E-state index in [1.165, 1.54) is 5.69 Å². The van der Waals surface area contributed by atoms with Crippen LogP contribution in [0.2, 0.25) is 0 Å². The van der Waals surface area contributed by atoms with Crippen LogP contribution in [0.3, 0.4) is 0 Å². The Morgan fingerprint density at radius 3 is 2.57 bits per heavy atom. The molecule has 0 unspecified atom stereocenters. The molecule has 23 heavy (non-hydrogen) atoms. The van der Waals surface area contributed by atoms with Crippen LogP contribution < -0.4 is 10.2 Å². The van der Waals surface area contributed by atoms with E-state index in [0.717, 1.165) is 43.6 Å². The van der Waals surface area contributed by atoms with Gasteiger partial charge in [0.25, 0.3) is 0 Å². The highest BCUT2D eigenvalue weighted by Gasteiger charge is 2.19. The molecule has 3 rings (SSSR count). The number of hydrogen-bond donors (Lipinski definition) is 1. The molecular formula is C17H23N5O. The molecule has 6 heteroatoms. The highest BCUT2D eigenvalue weighted by Crippen LogP contribution is 2.15. The molecule has 0 aliphatic carbocycles. The molecule has 1 aliphatic heterocycles. The van der Waals surface area contributed by atoms with Gasteiger partial charge in [-0.2, -0.15) is 0 Å². The topological polar surface area (TPSA) is 56.9 Å². The maximum atomic E-state index is 5.23. The van der Waals surface area contributed by atoms with Crippen LogP contribution in [0.15, 0.2) is 45.9 Å². The number of aromatic nitrogens is 1. The van der Waals surface area contributed by atoms with Crippen molar-refractivity contribution in [2.75, 3.05) is 38.1 Å². The zero-order chi connectivity index (χ0) is 16.1. The number of aryl methyl sites for hydroxylation is 1. The summed E-state index contributed by atoms with van der Waals surface area (Å²) in [7, 11) is 1.82. The number of nitrogens with one attached hydrogen (secondary N) is 1. The fourth-order valence-electron chi connectivity index (χ4n) is 2.81. The highest BCUT2D eigenvalue weighted by atomic mass is 16.5. The van der Waals surface area contributed by atoms with E-state index < -0.39 is 0 Å². The third-order valence-corrected chi connectivity index (χ3v) is 4.01. The minimum atomic E-state index is 0.604. The second kappa shape index (κ2) is 7.17. The largest absolute Gasteiger partial charge is 0.368 e. The van der Waals surface area contributed by atoms with Crippen LogP contribution in [-0.2, 0) is 6.54 Å². The zero-order valence-corrected chi connectivity index (χ0v) is 13.7. The molecule has 1 saturated heterocycles. The highest BCUT2D eigenvalue weighted by molar-refractivity contribution is 5.80. The molecule has 0 saturated carbocycles. The molecule has 0 radical (unpaired) electrons. The standard InChI is InChI=1S/C17H23N5O/c1-14-12-16(23-20-14)13-19-17(18-2)22-10-8-21(9-11-22)15-6-4-3-5-7-15/h3-7,12H,8-11,13H2,1-2H3,(H,18,19). The molecule has 6 nitrogen and oxygen atoms in total. The van der Waals surface area contributed by atoms with Gasteiger partial charge in [0.05, 0.1) is 12.2 Å². The molecule has 122 valence electrons. The molecule has 2 aromatic rings. The van der Waals surface area contributed by atoms with Crippen molar-refractivity contribution < 1.29 is 4.52 Å². The van der Waals surface area contributed by atoms with Crippen molar-refractivity contribution in [1.82, 2.24) is 15.4 Å². The monoisotopic (exact) mass is 313 g/mol. The number of nitrogens with zero attached hydrogens (tertiary/aromatic N) is 4. The second-order valence-electron chi connectivity index (χ2n) is 5.65. The van der Waals surface area contributed by atoms with E-state index >= 15 is 0 Å². The lowest BCUT2D eigenvalue weighted by molar-refractivity contribution is 0.357. The fourth-order valence-corrected chi connectivity index (χ4v) is 2.81. The summed E-state index contributed by atoms with van der Waals surface area (Å²) in [6, 6.07) is 12.5. The zero-order valence-electron chi connectivity index (χ0n) is 13.7. The predicted molar refractivity (Wildman–Crippen MR) is 91.7 cm³/mol. The van der Waals surface area contributed by atoms with Gasteiger partial charge in [0.1, 0.15) is 0 Å². The van der Waals surface area contributed by atoms with E-state index in [4.69, 9.17) is 4.52 Å². The van der Waals surface area contributed by atoms with Crippen LogP contribution in [0, 0.1) is 6.92 Å². The summed E-state index contributed by atoms with van der Waals surface area (Å²) in [6.07, 6.45) is 0. The van der Waals surface area contributed by atoms with Gasteiger partial charge in [-0.3, -0.25) is 4.99 Å². The molecule has 0 amide bonds. The number of rotatable bonds is 3. The molecule has 1 aliphatic rings. The van der Waals surface area contributed by atoms with E-state index in [1.54, 1.807) is 0 Å². The Balaban J connectivity index is 1.53. The first-order chi connectivity index (χ1) is 11.3. The fraction of sp³-hybridized carbons (Fsp3) is 0.412. The van der Waals surface area contributed by atoms with Crippen LogP contribution in [-0.4, -0.2) is 49.2 Å². The van der Waals surface area contributed by atoms with E-state index in [2.05, 4.69) is 55.6 Å². The lowest BCUT2D eigenvalue weighted by Gasteiger charge is -2.37. The van der Waals surface area contributed by atoms with Gasteiger partial charge in [0.2, 0.25) is 0 Å². The van der Waals surface area contributed by atoms with Crippen molar-refractivity contribution in [3.8, 4) is 0 Å². The average molecular weight is 313 g/mol. The molecular weight excluding hydrogens is 290 g/mol. The molecule has 1 fully saturated rings. The van der Waals surface area contributed by atoms with Crippen molar-refractivity contribution in [2.45, 2.75) is 13.5 Å². The molecule has 1 aromatic heterocycles. The first-order valence-corrected chi connectivity index (χ1v) is 7.94. The minimum Gasteiger partial charge on any atom is -0.368 e. The van der Waals surface area contributed by atoms with E-state index in [9.17, 15) is 0 Å². The molecule has 0 atom stereocenters. The number of guanidine groups is 1. The predicted octanol–water partition coefficient (Wildman–Crippen LogP) is 1.88. The Hall–Kier alpha value is -2.50. The Morgan fingerprint density at radius 2 is 1.96 bits per heavy atom. The third-order valence-electron chi connectivity index (χ3n) is 4.01. The van der Waals surface area contributed by atoms with Crippen LogP contribution >= 0.6 is 0 Å². The van der Waals surface area contributed by atoms with Gasteiger partial charge in [-0.1, -0.05) is 23.4 Å². The maximum absolute atomic E-state index is 5.23. The summed E-state index contributed by atoms with van der Waals surface area (Å²) in [5.41, 5.74) is 2.18. The Bertz CT molecular complexity index is 644. The van der Waals surface area contributed by atoms with Gasteiger partial charge in [-0.05, 0) is 19.1 Å². The molecule has 0 bridgehead atoms. The Kier molecular flexibility index (Phi) is 4.80. The van der Waals surface area contributed by atoms with Gasteiger partial charge in [-0.15, -0.1) is 0 Å². The summed E-state index contributed by atoms with van der Waals surface area (Å²) in [4.78, 5) is 9.07. The summed E-state index contributed by atoms with van der Waals surface area (Å²) < 4.78 is 5.23. The van der Waals surface area contributed by atoms with Crippen molar-refractivity contribution in [2.24, 2.45) is 4.99 Å². The summed E-state index contributed by atoms with van der Waals surface area (Å²) >= 11 is 0. The van der Waals surface area contributed by atoms with Crippen LogP contribution in [0.4, 0.5) is 5.69 Å². The third kappa shape index (κ3) is 3.83. The normalized spacial score (nSPS) is 15.8. The second-order valence-corrected chi connectivity index (χ2v) is 5.65. The van der Waals surface area contributed by atoms with Crippen molar-refractivity contribution >= 4 is 11.6 Å².